The lowest BCUT2D eigenvalue weighted by Crippen LogP contribution is -2.33. The molecule has 0 N–H and O–H groups in total. The molecule has 0 radical (unpaired) electrons. The van der Waals surface area contributed by atoms with Crippen LogP contribution >= 0.6 is 0 Å². The highest BCUT2D eigenvalue weighted by Crippen LogP contribution is 2.15. The molecular weight excluding hydrogens is 276 g/mol. The molecule has 4 nitrogen and oxygen atoms in total. The maximum atomic E-state index is 12.6. The molecule has 2 rings (SSSR count). The van der Waals surface area contributed by atoms with Gasteiger partial charge in [0, 0.05) is 37.3 Å². The molecular formula is C18H26N2O2. The van der Waals surface area contributed by atoms with Crippen molar-refractivity contribution in [3.8, 4) is 0 Å². The third kappa shape index (κ3) is 3.87. The van der Waals surface area contributed by atoms with E-state index < -0.39 is 0 Å². The van der Waals surface area contributed by atoms with Crippen LogP contribution in [0.3, 0.4) is 0 Å². The minimum Gasteiger partial charge on any atom is -0.339 e. The number of carbonyl (C=O) groups excluding carboxylic acids is 2. The molecule has 22 heavy (non-hydrogen) atoms. The molecule has 0 atom stereocenters. The normalized spacial score (nSPS) is 15.3. The Kier molecular flexibility index (Phi) is 5.99. The molecule has 0 bridgehead atoms. The van der Waals surface area contributed by atoms with Crippen LogP contribution in [0.1, 0.15) is 60.2 Å². The number of hydrogen-bond donors (Lipinski definition) is 0. The zero-order chi connectivity index (χ0) is 15.9. The first kappa shape index (κ1) is 16.5. The molecule has 0 aliphatic carbocycles. The quantitative estimate of drug-likeness (QED) is 0.857. The molecule has 1 saturated heterocycles. The highest BCUT2D eigenvalue weighted by atomic mass is 16.2. The van der Waals surface area contributed by atoms with Crippen LogP contribution in [0.5, 0.6) is 0 Å². The predicted molar refractivity (Wildman–Crippen MR) is 88.1 cm³/mol. The van der Waals surface area contributed by atoms with Crippen molar-refractivity contribution in [2.75, 3.05) is 26.2 Å². The molecule has 1 heterocycles. The van der Waals surface area contributed by atoms with Gasteiger partial charge < -0.3 is 9.80 Å². The summed E-state index contributed by atoms with van der Waals surface area (Å²) in [5.41, 5.74) is 1.23. The van der Waals surface area contributed by atoms with Crippen LogP contribution in [-0.4, -0.2) is 47.8 Å². The van der Waals surface area contributed by atoms with Crippen LogP contribution in [0, 0.1) is 0 Å². The molecule has 120 valence electrons. The highest BCUT2D eigenvalue weighted by molar-refractivity contribution is 5.99. The Hall–Kier alpha value is -1.84. The summed E-state index contributed by atoms with van der Waals surface area (Å²) in [6.07, 6.45) is 4.54. The summed E-state index contributed by atoms with van der Waals surface area (Å²) in [5, 5.41) is 0. The first-order valence-corrected chi connectivity index (χ1v) is 8.36. The molecule has 4 heteroatoms. The molecule has 1 aromatic rings. The van der Waals surface area contributed by atoms with Gasteiger partial charge in [0.25, 0.3) is 11.8 Å². The van der Waals surface area contributed by atoms with Gasteiger partial charge in [-0.15, -0.1) is 0 Å². The van der Waals surface area contributed by atoms with Gasteiger partial charge >= 0.3 is 0 Å². The minimum absolute atomic E-state index is 0.00415. The molecule has 2 amide bonds. The number of likely N-dealkylation sites (tertiary alicyclic amines) is 1. The third-order valence-corrected chi connectivity index (χ3v) is 4.30. The lowest BCUT2D eigenvalue weighted by Gasteiger charge is -2.21. The lowest BCUT2D eigenvalue weighted by atomic mass is 10.1. The van der Waals surface area contributed by atoms with E-state index in [1.165, 1.54) is 12.8 Å². The Morgan fingerprint density at radius 2 is 1.59 bits per heavy atom. The van der Waals surface area contributed by atoms with Crippen molar-refractivity contribution in [3.05, 3.63) is 35.4 Å². The lowest BCUT2D eigenvalue weighted by molar-refractivity contribution is 0.0761. The number of amides is 2. The van der Waals surface area contributed by atoms with E-state index in [0.29, 0.717) is 24.2 Å². The van der Waals surface area contributed by atoms with Crippen molar-refractivity contribution in [1.82, 2.24) is 9.80 Å². The summed E-state index contributed by atoms with van der Waals surface area (Å²) in [6, 6.07) is 7.15. The smallest absolute Gasteiger partial charge is 0.253 e. The van der Waals surface area contributed by atoms with Crippen molar-refractivity contribution >= 4 is 11.8 Å². The first-order chi connectivity index (χ1) is 10.7. The van der Waals surface area contributed by atoms with Gasteiger partial charge in [-0.05, 0) is 44.9 Å². The fraction of sp³-hybridized carbons (Fsp3) is 0.556. The number of carbonyl (C=O) groups is 2. The van der Waals surface area contributed by atoms with Gasteiger partial charge in [0.1, 0.15) is 0 Å². The highest BCUT2D eigenvalue weighted by Gasteiger charge is 2.19. The molecule has 0 saturated carbocycles. The first-order valence-electron chi connectivity index (χ1n) is 8.36. The number of hydrogen-bond acceptors (Lipinski definition) is 2. The van der Waals surface area contributed by atoms with E-state index in [9.17, 15) is 9.59 Å². The van der Waals surface area contributed by atoms with Crippen molar-refractivity contribution in [3.63, 3.8) is 0 Å². The average Bonchev–Trinajstić information content (AvgIpc) is 2.84. The van der Waals surface area contributed by atoms with E-state index in [4.69, 9.17) is 0 Å². The van der Waals surface area contributed by atoms with Crippen molar-refractivity contribution in [2.24, 2.45) is 0 Å². The maximum absolute atomic E-state index is 12.6. The predicted octanol–water partition coefficient (Wildman–Crippen LogP) is 3.18. The van der Waals surface area contributed by atoms with E-state index >= 15 is 0 Å². The Balaban J connectivity index is 2.16. The number of rotatable bonds is 4. The van der Waals surface area contributed by atoms with Crippen LogP contribution in [0.15, 0.2) is 24.3 Å². The molecule has 1 aliphatic heterocycles. The van der Waals surface area contributed by atoms with E-state index in [0.717, 1.165) is 25.9 Å². The Morgan fingerprint density at radius 3 is 2.18 bits per heavy atom. The van der Waals surface area contributed by atoms with Crippen molar-refractivity contribution < 1.29 is 9.59 Å². The fourth-order valence-electron chi connectivity index (χ4n) is 2.93. The summed E-state index contributed by atoms with van der Waals surface area (Å²) >= 11 is 0. The van der Waals surface area contributed by atoms with Gasteiger partial charge in [-0.2, -0.15) is 0 Å². The maximum Gasteiger partial charge on any atom is 0.253 e. The molecule has 0 aromatic heterocycles. The fourth-order valence-corrected chi connectivity index (χ4v) is 2.93. The van der Waals surface area contributed by atoms with Gasteiger partial charge in [-0.25, -0.2) is 0 Å². The molecule has 1 aliphatic rings. The summed E-state index contributed by atoms with van der Waals surface area (Å²) < 4.78 is 0. The topological polar surface area (TPSA) is 40.6 Å². The van der Waals surface area contributed by atoms with E-state index in [1.54, 1.807) is 17.0 Å². The Labute approximate surface area is 133 Å². The van der Waals surface area contributed by atoms with Crippen LogP contribution in [0.4, 0.5) is 0 Å². The average molecular weight is 302 g/mol. The Bertz CT molecular complexity index is 516. The van der Waals surface area contributed by atoms with Crippen LogP contribution < -0.4 is 0 Å². The van der Waals surface area contributed by atoms with Crippen molar-refractivity contribution in [2.45, 2.75) is 39.5 Å². The van der Waals surface area contributed by atoms with Gasteiger partial charge in [0.2, 0.25) is 0 Å². The second-order valence-electron chi connectivity index (χ2n) is 5.76. The van der Waals surface area contributed by atoms with Crippen LogP contribution in [0.25, 0.3) is 0 Å². The molecule has 1 aromatic carbocycles. The van der Waals surface area contributed by atoms with Crippen LogP contribution in [-0.2, 0) is 0 Å². The molecule has 0 spiro atoms. The molecule has 1 fully saturated rings. The largest absolute Gasteiger partial charge is 0.339 e. The summed E-state index contributed by atoms with van der Waals surface area (Å²) in [4.78, 5) is 28.7. The second kappa shape index (κ2) is 7.97. The molecule has 0 unspecified atom stereocenters. The number of nitrogens with zero attached hydrogens (tertiary/aromatic N) is 2. The zero-order valence-electron chi connectivity index (χ0n) is 13.7. The second-order valence-corrected chi connectivity index (χ2v) is 5.76. The SMILES string of the molecule is CCN(CC)C(=O)c1cccc(C(=O)N2CCCCCC2)c1. The van der Waals surface area contributed by atoms with Gasteiger partial charge in [0.15, 0.2) is 0 Å². The van der Waals surface area contributed by atoms with E-state index in [-0.39, 0.29) is 11.8 Å². The monoisotopic (exact) mass is 302 g/mol. The van der Waals surface area contributed by atoms with Crippen LogP contribution in [0.2, 0.25) is 0 Å². The van der Waals surface area contributed by atoms with Crippen molar-refractivity contribution in [1.29, 1.82) is 0 Å². The number of benzene rings is 1. The van der Waals surface area contributed by atoms with Gasteiger partial charge in [-0.1, -0.05) is 18.9 Å². The van der Waals surface area contributed by atoms with E-state index in [2.05, 4.69) is 0 Å². The standard InChI is InChI=1S/C18H26N2O2/c1-3-19(4-2)17(21)15-10-9-11-16(14-15)18(22)20-12-7-5-6-8-13-20/h9-11,14H,3-8,12-13H2,1-2H3. The Morgan fingerprint density at radius 1 is 1.00 bits per heavy atom. The minimum atomic E-state index is -0.00415. The summed E-state index contributed by atoms with van der Waals surface area (Å²) in [6.45, 7) is 6.95. The van der Waals surface area contributed by atoms with Gasteiger partial charge in [0.05, 0.1) is 0 Å². The zero-order valence-corrected chi connectivity index (χ0v) is 13.7. The summed E-state index contributed by atoms with van der Waals surface area (Å²) in [5.74, 6) is 0.0478. The third-order valence-electron chi connectivity index (χ3n) is 4.30. The van der Waals surface area contributed by atoms with E-state index in [1.807, 2.05) is 30.9 Å². The summed E-state index contributed by atoms with van der Waals surface area (Å²) in [7, 11) is 0. The van der Waals surface area contributed by atoms with Gasteiger partial charge in [-0.3, -0.25) is 9.59 Å².